The first-order valence-corrected chi connectivity index (χ1v) is 6.39. The molecule has 0 spiro atoms. The van der Waals surface area contributed by atoms with Gasteiger partial charge in [0.05, 0.1) is 0 Å². The van der Waals surface area contributed by atoms with Crippen molar-refractivity contribution in [2.45, 2.75) is 45.5 Å². The Bertz CT molecular complexity index is 516. The quantitative estimate of drug-likeness (QED) is 0.427. The van der Waals surface area contributed by atoms with Gasteiger partial charge in [-0.3, -0.25) is 14.4 Å². The minimum Gasteiger partial charge on any atom is -0.461 e. The van der Waals surface area contributed by atoms with Crippen LogP contribution < -0.4 is 0 Å². The fraction of sp³-hybridized carbons (Fsp3) is 0.500. The summed E-state index contributed by atoms with van der Waals surface area (Å²) in [7, 11) is 0. The number of allylic oxidation sites excluding steroid dienone is 1. The van der Waals surface area contributed by atoms with E-state index in [-0.39, 0.29) is 29.8 Å². The van der Waals surface area contributed by atoms with E-state index in [4.69, 9.17) is 14.2 Å². The molecule has 0 aliphatic carbocycles. The highest BCUT2D eigenvalue weighted by molar-refractivity contribution is 6.23. The third-order valence-electron chi connectivity index (χ3n) is 2.99. The zero-order valence-electron chi connectivity index (χ0n) is 11.5. The summed E-state index contributed by atoms with van der Waals surface area (Å²) in [5.41, 5.74) is -0.143. The van der Waals surface area contributed by atoms with Crippen molar-refractivity contribution < 1.29 is 28.6 Å². The topological polar surface area (TPSA) is 78.9 Å². The molecule has 2 rings (SSSR count). The van der Waals surface area contributed by atoms with E-state index in [0.29, 0.717) is 0 Å². The molecule has 0 radical (unpaired) electrons. The molecule has 3 atom stereocenters. The maximum Gasteiger partial charge on any atom is 0.303 e. The van der Waals surface area contributed by atoms with Gasteiger partial charge in [-0.2, -0.15) is 0 Å². The van der Waals surface area contributed by atoms with Gasteiger partial charge in [0.15, 0.2) is 11.9 Å². The van der Waals surface area contributed by atoms with Crippen molar-refractivity contribution in [3.8, 4) is 0 Å². The van der Waals surface area contributed by atoms with E-state index in [1.807, 2.05) is 0 Å². The minimum absolute atomic E-state index is 0.0646. The van der Waals surface area contributed by atoms with Gasteiger partial charge in [-0.1, -0.05) is 6.08 Å². The first kappa shape index (κ1) is 14.3. The van der Waals surface area contributed by atoms with Gasteiger partial charge in [-0.15, -0.1) is 0 Å². The molecule has 0 saturated heterocycles. The predicted molar refractivity (Wildman–Crippen MR) is 67.4 cm³/mol. The van der Waals surface area contributed by atoms with E-state index >= 15 is 0 Å². The Morgan fingerprint density at radius 2 is 2.05 bits per heavy atom. The molecule has 0 saturated carbocycles. The first-order chi connectivity index (χ1) is 9.43. The largest absolute Gasteiger partial charge is 0.461 e. The Morgan fingerprint density at radius 1 is 1.35 bits per heavy atom. The van der Waals surface area contributed by atoms with Crippen molar-refractivity contribution in [2.75, 3.05) is 0 Å². The van der Waals surface area contributed by atoms with Crippen LogP contribution in [0.5, 0.6) is 0 Å². The molecule has 108 valence electrons. The molecule has 0 aromatic rings. The second kappa shape index (κ2) is 5.48. The fourth-order valence-corrected chi connectivity index (χ4v) is 2.19. The summed E-state index contributed by atoms with van der Waals surface area (Å²) in [4.78, 5) is 35.4. The third kappa shape index (κ3) is 2.59. The predicted octanol–water partition coefficient (Wildman–Crippen LogP) is 1.05. The van der Waals surface area contributed by atoms with Crippen molar-refractivity contribution >= 4 is 17.5 Å². The fourth-order valence-electron chi connectivity index (χ4n) is 2.19. The third-order valence-corrected chi connectivity index (χ3v) is 2.99. The van der Waals surface area contributed by atoms with Crippen LogP contribution in [-0.2, 0) is 28.6 Å². The number of esters is 1. The molecule has 0 unspecified atom stereocenters. The molecule has 2 aliphatic rings. The van der Waals surface area contributed by atoms with E-state index in [9.17, 15) is 14.4 Å². The second-order valence-electron chi connectivity index (χ2n) is 4.72. The number of ether oxygens (including phenoxy) is 3. The summed E-state index contributed by atoms with van der Waals surface area (Å²) >= 11 is 0. The molecule has 6 heteroatoms. The molecule has 0 aromatic heterocycles. The van der Waals surface area contributed by atoms with E-state index in [2.05, 4.69) is 0 Å². The van der Waals surface area contributed by atoms with Gasteiger partial charge in [-0.05, 0) is 19.9 Å². The van der Waals surface area contributed by atoms with Crippen LogP contribution in [0.4, 0.5) is 0 Å². The summed E-state index contributed by atoms with van der Waals surface area (Å²) in [5.74, 6) is -1.59. The van der Waals surface area contributed by atoms with Gasteiger partial charge in [-0.25, -0.2) is 0 Å². The lowest BCUT2D eigenvalue weighted by atomic mass is 9.92. The van der Waals surface area contributed by atoms with E-state index < -0.39 is 24.0 Å². The Labute approximate surface area is 116 Å². The molecule has 0 bridgehead atoms. The van der Waals surface area contributed by atoms with Crippen LogP contribution in [-0.4, -0.2) is 35.8 Å². The zero-order valence-corrected chi connectivity index (χ0v) is 11.5. The summed E-state index contributed by atoms with van der Waals surface area (Å²) in [5, 5.41) is 0. The molecule has 20 heavy (non-hydrogen) atoms. The summed E-state index contributed by atoms with van der Waals surface area (Å²) in [6, 6.07) is 0. The molecule has 0 amide bonds. The number of hydrogen-bond donors (Lipinski definition) is 0. The Kier molecular flexibility index (Phi) is 3.92. The summed E-state index contributed by atoms with van der Waals surface area (Å²) < 4.78 is 15.9. The molecular formula is C14H16O6. The number of carbonyl (C=O) groups excluding carboxylic acids is 3. The van der Waals surface area contributed by atoms with Gasteiger partial charge in [0, 0.05) is 13.3 Å². The molecular weight excluding hydrogens is 264 g/mol. The van der Waals surface area contributed by atoms with E-state index in [1.54, 1.807) is 26.0 Å². The molecule has 2 heterocycles. The standard InChI is InChI=1S/C14H16O6/c1-4-5-10-13(19-8(3)15)12(17)11-9(16)6-7(2)18-14(11)20-10/h4-5,7,10,13H,6H2,1-3H3/b5-4+/t7-,10+,13+/m0/s1. The van der Waals surface area contributed by atoms with Gasteiger partial charge >= 0.3 is 5.97 Å². The van der Waals surface area contributed by atoms with Crippen LogP contribution in [0.25, 0.3) is 0 Å². The molecule has 0 fully saturated rings. The van der Waals surface area contributed by atoms with E-state index in [0.717, 1.165) is 0 Å². The maximum absolute atomic E-state index is 12.3. The molecule has 2 aliphatic heterocycles. The summed E-state index contributed by atoms with van der Waals surface area (Å²) in [6.07, 6.45) is 1.09. The van der Waals surface area contributed by atoms with Crippen molar-refractivity contribution in [1.29, 1.82) is 0 Å². The number of hydrogen-bond acceptors (Lipinski definition) is 6. The normalized spacial score (nSPS) is 29.9. The lowest BCUT2D eigenvalue weighted by Crippen LogP contribution is -2.47. The van der Waals surface area contributed by atoms with Gasteiger partial charge in [0.2, 0.25) is 11.9 Å². The number of rotatable bonds is 2. The number of carbonyl (C=O) groups is 3. The SMILES string of the molecule is C/C=C/[C@H]1OC2=C(C(=O)C[C@H](C)O2)C(=O)[C@@H]1OC(C)=O. The van der Waals surface area contributed by atoms with E-state index in [1.165, 1.54) is 6.92 Å². The van der Waals surface area contributed by atoms with Gasteiger partial charge in [0.25, 0.3) is 5.95 Å². The number of Topliss-reactive ketones (excluding diaryl/α,β-unsaturated/α-hetero) is 2. The maximum atomic E-state index is 12.3. The molecule has 0 N–H and O–H groups in total. The van der Waals surface area contributed by atoms with Gasteiger partial charge < -0.3 is 14.2 Å². The summed E-state index contributed by atoms with van der Waals surface area (Å²) in [6.45, 7) is 4.67. The average molecular weight is 280 g/mol. The molecule has 0 aromatic carbocycles. The second-order valence-corrected chi connectivity index (χ2v) is 4.72. The van der Waals surface area contributed by atoms with Gasteiger partial charge in [0.1, 0.15) is 11.7 Å². The van der Waals surface area contributed by atoms with Crippen LogP contribution in [0.2, 0.25) is 0 Å². The highest BCUT2D eigenvalue weighted by atomic mass is 16.7. The van der Waals surface area contributed by atoms with Crippen LogP contribution in [0.1, 0.15) is 27.2 Å². The average Bonchev–Trinajstić information content (AvgIpc) is 2.32. The van der Waals surface area contributed by atoms with Crippen molar-refractivity contribution in [3.63, 3.8) is 0 Å². The van der Waals surface area contributed by atoms with Crippen molar-refractivity contribution in [3.05, 3.63) is 23.7 Å². The molecule has 6 nitrogen and oxygen atoms in total. The first-order valence-electron chi connectivity index (χ1n) is 6.39. The minimum atomic E-state index is -1.15. The Hall–Kier alpha value is -2.11. The highest BCUT2D eigenvalue weighted by Crippen LogP contribution is 2.31. The Balaban J connectivity index is 2.39. The van der Waals surface area contributed by atoms with Crippen molar-refractivity contribution in [1.82, 2.24) is 0 Å². The zero-order chi connectivity index (χ0) is 14.9. The van der Waals surface area contributed by atoms with Crippen molar-refractivity contribution in [2.24, 2.45) is 0 Å². The highest BCUT2D eigenvalue weighted by Gasteiger charge is 2.46. The number of ketones is 2. The van der Waals surface area contributed by atoms with Crippen LogP contribution in [0.15, 0.2) is 23.7 Å². The monoisotopic (exact) mass is 280 g/mol. The van der Waals surface area contributed by atoms with Crippen LogP contribution >= 0.6 is 0 Å². The lowest BCUT2D eigenvalue weighted by Gasteiger charge is -2.34. The smallest absolute Gasteiger partial charge is 0.303 e. The Morgan fingerprint density at radius 3 is 2.65 bits per heavy atom. The van der Waals surface area contributed by atoms with Crippen LogP contribution in [0, 0.1) is 0 Å². The lowest BCUT2D eigenvalue weighted by molar-refractivity contribution is -0.166. The van der Waals surface area contributed by atoms with Crippen LogP contribution in [0.3, 0.4) is 0 Å².